The van der Waals surface area contributed by atoms with Gasteiger partial charge in [-0.3, -0.25) is 14.9 Å². The van der Waals surface area contributed by atoms with Gasteiger partial charge >= 0.3 is 0 Å². The minimum atomic E-state index is -0.941. The largest absolute Gasteiger partial charge is 0.356 e. The van der Waals surface area contributed by atoms with Gasteiger partial charge in [-0.25, -0.2) is 9.37 Å². The zero-order valence-electron chi connectivity index (χ0n) is 12.2. The minimum Gasteiger partial charge on any atom is -0.356 e. The number of hydrogen-bond donors (Lipinski definition) is 1. The summed E-state index contributed by atoms with van der Waals surface area (Å²) in [5, 5.41) is 4.83. The number of anilines is 1. The topological polar surface area (TPSA) is 71.5 Å². The Balaban J connectivity index is 1.89. The number of amides is 2. The van der Waals surface area contributed by atoms with E-state index in [4.69, 9.17) is 4.74 Å². The molecule has 6 nitrogen and oxygen atoms in total. The van der Waals surface area contributed by atoms with Crippen molar-refractivity contribution in [1.29, 1.82) is 0 Å². The molecule has 0 aliphatic carbocycles. The zero-order chi connectivity index (χ0) is 16.4. The molecule has 1 aromatic heterocycles. The fourth-order valence-corrected chi connectivity index (χ4v) is 3.01. The summed E-state index contributed by atoms with van der Waals surface area (Å²) in [5.74, 6) is -1.13. The fourth-order valence-electron chi connectivity index (χ4n) is 2.48. The molecule has 120 valence electrons. The van der Waals surface area contributed by atoms with E-state index in [-0.39, 0.29) is 12.5 Å². The number of benzene rings is 1. The summed E-state index contributed by atoms with van der Waals surface area (Å²) in [4.78, 5) is 29.8. The molecule has 3 rings (SSSR count). The van der Waals surface area contributed by atoms with Crippen molar-refractivity contribution in [3.05, 3.63) is 47.2 Å². The van der Waals surface area contributed by atoms with Gasteiger partial charge in [0.2, 0.25) is 5.91 Å². The third-order valence-electron chi connectivity index (χ3n) is 3.59. The number of halogens is 1. The number of carbonyl (C=O) groups excluding carboxylic acids is 2. The van der Waals surface area contributed by atoms with E-state index in [1.807, 2.05) is 0 Å². The number of thiazole rings is 1. The van der Waals surface area contributed by atoms with Gasteiger partial charge < -0.3 is 9.64 Å². The number of nitrogens with one attached hydrogen (secondary N) is 1. The average Bonchev–Trinajstić information content (AvgIpc) is 3.02. The second-order valence-corrected chi connectivity index (χ2v) is 5.96. The number of hydrogen-bond acceptors (Lipinski definition) is 5. The molecule has 1 N–H and O–H groups in total. The van der Waals surface area contributed by atoms with Crippen molar-refractivity contribution in [2.24, 2.45) is 0 Å². The van der Waals surface area contributed by atoms with Gasteiger partial charge in [-0.05, 0) is 17.7 Å². The minimum absolute atomic E-state index is 0.196. The fraction of sp³-hybridized carbons (Fsp3) is 0.267. The molecule has 0 bridgehead atoms. The van der Waals surface area contributed by atoms with Crippen LogP contribution in [0.3, 0.4) is 0 Å². The molecule has 2 atom stereocenters. The van der Waals surface area contributed by atoms with Crippen LogP contribution in [0.2, 0.25) is 0 Å². The van der Waals surface area contributed by atoms with Gasteiger partial charge in [0.25, 0.3) is 5.91 Å². The number of aromatic nitrogens is 1. The van der Waals surface area contributed by atoms with Crippen LogP contribution >= 0.6 is 11.3 Å². The van der Waals surface area contributed by atoms with Gasteiger partial charge in [-0.15, -0.1) is 11.3 Å². The SMILES string of the molecule is CN1C(=O)COC(C(=O)Nc2nccs2)C1c1cccc(F)c1. The van der Waals surface area contributed by atoms with Crippen molar-refractivity contribution in [3.8, 4) is 0 Å². The Labute approximate surface area is 135 Å². The summed E-state index contributed by atoms with van der Waals surface area (Å²) in [7, 11) is 1.57. The first-order valence-electron chi connectivity index (χ1n) is 6.89. The van der Waals surface area contributed by atoms with Crippen molar-refractivity contribution >= 4 is 28.3 Å². The second-order valence-electron chi connectivity index (χ2n) is 5.06. The lowest BCUT2D eigenvalue weighted by Gasteiger charge is -2.38. The van der Waals surface area contributed by atoms with E-state index in [2.05, 4.69) is 10.3 Å². The molecule has 8 heteroatoms. The maximum atomic E-state index is 13.5. The second kappa shape index (κ2) is 6.43. The highest BCUT2D eigenvalue weighted by Crippen LogP contribution is 2.30. The number of ether oxygens (including phenoxy) is 1. The molecule has 2 amide bonds. The van der Waals surface area contributed by atoms with E-state index in [1.54, 1.807) is 24.7 Å². The number of morpholine rings is 1. The van der Waals surface area contributed by atoms with Crippen LogP contribution in [-0.4, -0.2) is 41.5 Å². The molecule has 0 radical (unpaired) electrons. The predicted molar refractivity (Wildman–Crippen MR) is 82.4 cm³/mol. The Morgan fingerprint density at radius 1 is 1.52 bits per heavy atom. The van der Waals surface area contributed by atoms with Gasteiger partial charge in [0.15, 0.2) is 11.2 Å². The summed E-state index contributed by atoms with van der Waals surface area (Å²) in [6.07, 6.45) is 0.630. The third-order valence-corrected chi connectivity index (χ3v) is 4.28. The Morgan fingerprint density at radius 3 is 3.04 bits per heavy atom. The lowest BCUT2D eigenvalue weighted by atomic mass is 9.97. The van der Waals surface area contributed by atoms with Crippen LogP contribution in [0.15, 0.2) is 35.8 Å². The van der Waals surface area contributed by atoms with E-state index < -0.39 is 23.9 Å². The van der Waals surface area contributed by atoms with Crippen molar-refractivity contribution < 1.29 is 18.7 Å². The maximum absolute atomic E-state index is 13.5. The summed E-state index contributed by atoms with van der Waals surface area (Å²) < 4.78 is 19.0. The quantitative estimate of drug-likeness (QED) is 0.929. The van der Waals surface area contributed by atoms with Crippen LogP contribution in [0.5, 0.6) is 0 Å². The van der Waals surface area contributed by atoms with Crippen molar-refractivity contribution in [3.63, 3.8) is 0 Å². The lowest BCUT2D eigenvalue weighted by molar-refractivity contribution is -0.160. The summed E-state index contributed by atoms with van der Waals surface area (Å²) in [6, 6.07) is 5.10. The molecule has 23 heavy (non-hydrogen) atoms. The number of likely N-dealkylation sites (N-methyl/N-ethyl adjacent to an activating group) is 1. The zero-order valence-corrected chi connectivity index (χ0v) is 13.0. The third kappa shape index (κ3) is 3.22. The highest BCUT2D eigenvalue weighted by atomic mass is 32.1. The number of carbonyl (C=O) groups is 2. The van der Waals surface area contributed by atoms with E-state index in [9.17, 15) is 14.0 Å². The van der Waals surface area contributed by atoms with E-state index in [0.717, 1.165) is 0 Å². The summed E-state index contributed by atoms with van der Waals surface area (Å²) in [6.45, 7) is -0.196. The first-order chi connectivity index (χ1) is 11.1. The van der Waals surface area contributed by atoms with E-state index >= 15 is 0 Å². The number of nitrogens with zero attached hydrogens (tertiary/aromatic N) is 2. The Bertz CT molecular complexity index is 723. The molecule has 0 spiro atoms. The Hall–Kier alpha value is -2.32. The molecule has 1 aliphatic heterocycles. The molecule has 2 unspecified atom stereocenters. The summed E-state index contributed by atoms with van der Waals surface area (Å²) in [5.41, 5.74) is 0.500. The van der Waals surface area contributed by atoms with E-state index in [1.165, 1.54) is 34.4 Å². The van der Waals surface area contributed by atoms with Crippen LogP contribution < -0.4 is 5.32 Å². The molecule has 1 saturated heterocycles. The maximum Gasteiger partial charge on any atom is 0.257 e. The molecule has 2 heterocycles. The van der Waals surface area contributed by atoms with Crippen molar-refractivity contribution in [2.45, 2.75) is 12.1 Å². The molecule has 1 fully saturated rings. The van der Waals surface area contributed by atoms with Crippen molar-refractivity contribution in [1.82, 2.24) is 9.88 Å². The molecular weight excluding hydrogens is 321 g/mol. The van der Waals surface area contributed by atoms with Gasteiger partial charge in [0, 0.05) is 18.6 Å². The molecule has 1 aromatic carbocycles. The van der Waals surface area contributed by atoms with E-state index in [0.29, 0.717) is 10.7 Å². The highest BCUT2D eigenvalue weighted by Gasteiger charge is 2.40. The van der Waals surface area contributed by atoms with Gasteiger partial charge in [-0.1, -0.05) is 12.1 Å². The van der Waals surface area contributed by atoms with Crippen LogP contribution in [0.1, 0.15) is 11.6 Å². The normalized spacial score (nSPS) is 21.3. The molecular formula is C15H14FN3O3S. The predicted octanol–water partition coefficient (Wildman–Crippen LogP) is 1.82. The molecule has 0 saturated carbocycles. The van der Waals surface area contributed by atoms with Gasteiger partial charge in [0.1, 0.15) is 12.4 Å². The summed E-state index contributed by atoms with van der Waals surface area (Å²) >= 11 is 1.28. The Morgan fingerprint density at radius 2 is 2.35 bits per heavy atom. The highest BCUT2D eigenvalue weighted by molar-refractivity contribution is 7.13. The van der Waals surface area contributed by atoms with Crippen LogP contribution in [0.25, 0.3) is 0 Å². The standard InChI is InChI=1S/C15H14FN3O3S/c1-19-11(20)8-22-13(14(21)18-15-17-5-6-23-15)12(19)9-3-2-4-10(16)7-9/h2-7,12-13H,8H2,1H3,(H,17,18,21). The Kier molecular flexibility index (Phi) is 4.35. The first-order valence-corrected chi connectivity index (χ1v) is 7.77. The monoisotopic (exact) mass is 335 g/mol. The van der Waals surface area contributed by atoms with Crippen LogP contribution in [0, 0.1) is 5.82 Å². The van der Waals surface area contributed by atoms with Gasteiger partial charge in [-0.2, -0.15) is 0 Å². The molecule has 2 aromatic rings. The lowest BCUT2D eigenvalue weighted by Crippen LogP contribution is -2.51. The van der Waals surface area contributed by atoms with Crippen LogP contribution in [0.4, 0.5) is 9.52 Å². The van der Waals surface area contributed by atoms with Gasteiger partial charge in [0.05, 0.1) is 6.04 Å². The smallest absolute Gasteiger partial charge is 0.257 e. The average molecular weight is 335 g/mol. The van der Waals surface area contributed by atoms with Crippen LogP contribution in [-0.2, 0) is 14.3 Å². The van der Waals surface area contributed by atoms with Crippen molar-refractivity contribution in [2.75, 3.05) is 19.0 Å². The molecule has 1 aliphatic rings. The number of rotatable bonds is 3. The first kappa shape index (κ1) is 15.6.